The van der Waals surface area contributed by atoms with Crippen molar-refractivity contribution in [3.63, 3.8) is 0 Å². The molecular formula is C10H10FNO4. The lowest BCUT2D eigenvalue weighted by atomic mass is 10.1. The fraction of sp³-hybridized carbons (Fsp3) is 0.300. The van der Waals surface area contributed by atoms with E-state index in [4.69, 9.17) is 4.74 Å². The number of ether oxygens (including phenoxy) is 1. The molecule has 0 unspecified atom stereocenters. The van der Waals surface area contributed by atoms with Gasteiger partial charge in [0.25, 0.3) is 0 Å². The van der Waals surface area contributed by atoms with E-state index in [1.54, 1.807) is 6.92 Å². The predicted molar refractivity (Wildman–Crippen MR) is 54.2 cm³/mol. The number of carbonyl (C=O) groups excluding carboxylic acids is 1. The summed E-state index contributed by atoms with van der Waals surface area (Å²) in [5, 5.41) is 10.5. The van der Waals surface area contributed by atoms with Gasteiger partial charge in [0.1, 0.15) is 5.75 Å². The molecule has 1 aromatic carbocycles. The summed E-state index contributed by atoms with van der Waals surface area (Å²) in [6.45, 7) is 3.14. The number of halogens is 1. The predicted octanol–water partition coefficient (Wildman–Crippen LogP) is 2.34. The van der Waals surface area contributed by atoms with Crippen LogP contribution in [-0.2, 0) is 0 Å². The fourth-order valence-electron chi connectivity index (χ4n) is 1.23. The van der Waals surface area contributed by atoms with Crippen LogP contribution in [0.25, 0.3) is 0 Å². The van der Waals surface area contributed by atoms with Crippen molar-refractivity contribution in [3.05, 3.63) is 33.6 Å². The van der Waals surface area contributed by atoms with Crippen LogP contribution in [0, 0.1) is 15.9 Å². The van der Waals surface area contributed by atoms with Crippen LogP contribution in [0.15, 0.2) is 12.1 Å². The van der Waals surface area contributed by atoms with E-state index in [1.807, 2.05) is 0 Å². The number of nitro groups is 1. The van der Waals surface area contributed by atoms with Crippen LogP contribution in [0.2, 0.25) is 0 Å². The van der Waals surface area contributed by atoms with Gasteiger partial charge in [-0.05, 0) is 19.9 Å². The van der Waals surface area contributed by atoms with Gasteiger partial charge in [-0.2, -0.15) is 4.39 Å². The molecule has 0 N–H and O–H groups in total. The molecule has 0 aromatic heterocycles. The first-order valence-corrected chi connectivity index (χ1v) is 4.59. The van der Waals surface area contributed by atoms with Gasteiger partial charge in [-0.15, -0.1) is 0 Å². The summed E-state index contributed by atoms with van der Waals surface area (Å²) in [6.07, 6.45) is 0. The quantitative estimate of drug-likeness (QED) is 0.449. The molecule has 0 fully saturated rings. The molecule has 1 rings (SSSR count). The molecule has 0 amide bonds. The second-order valence-electron chi connectivity index (χ2n) is 3.05. The van der Waals surface area contributed by atoms with Crippen LogP contribution in [0.3, 0.4) is 0 Å². The Labute approximate surface area is 91.0 Å². The molecule has 0 atom stereocenters. The van der Waals surface area contributed by atoms with E-state index in [0.29, 0.717) is 0 Å². The molecule has 0 aliphatic carbocycles. The lowest BCUT2D eigenvalue weighted by molar-refractivity contribution is -0.387. The third-order valence-electron chi connectivity index (χ3n) is 1.92. The maximum Gasteiger partial charge on any atom is 0.308 e. The van der Waals surface area contributed by atoms with Gasteiger partial charge in [0.15, 0.2) is 5.78 Å². The third kappa shape index (κ3) is 2.33. The number of benzene rings is 1. The van der Waals surface area contributed by atoms with Crippen molar-refractivity contribution in [2.75, 3.05) is 6.61 Å². The van der Waals surface area contributed by atoms with Gasteiger partial charge in [-0.1, -0.05) is 0 Å². The summed E-state index contributed by atoms with van der Waals surface area (Å²) in [5.41, 5.74) is -0.696. The van der Waals surface area contributed by atoms with Crippen molar-refractivity contribution in [1.82, 2.24) is 0 Å². The minimum atomic E-state index is -1.04. The van der Waals surface area contributed by atoms with Gasteiger partial charge in [-0.25, -0.2) is 0 Å². The van der Waals surface area contributed by atoms with E-state index >= 15 is 0 Å². The summed E-state index contributed by atoms with van der Waals surface area (Å²) in [4.78, 5) is 20.8. The normalized spacial score (nSPS) is 9.94. The van der Waals surface area contributed by atoms with Crippen molar-refractivity contribution >= 4 is 11.5 Å². The molecule has 5 nitrogen and oxygen atoms in total. The first-order chi connectivity index (χ1) is 7.47. The minimum Gasteiger partial charge on any atom is -0.493 e. The Hall–Kier alpha value is -1.98. The summed E-state index contributed by atoms with van der Waals surface area (Å²) in [5.74, 6) is -1.42. The number of hydrogen-bond donors (Lipinski definition) is 0. The van der Waals surface area contributed by atoms with Gasteiger partial charge in [0.05, 0.1) is 23.2 Å². The van der Waals surface area contributed by atoms with E-state index in [0.717, 1.165) is 12.1 Å². The maximum absolute atomic E-state index is 13.2. The van der Waals surface area contributed by atoms with Crippen molar-refractivity contribution in [3.8, 4) is 5.75 Å². The largest absolute Gasteiger partial charge is 0.493 e. The van der Waals surface area contributed by atoms with Crippen LogP contribution in [-0.4, -0.2) is 17.3 Å². The molecule has 86 valence electrons. The molecular weight excluding hydrogens is 217 g/mol. The van der Waals surface area contributed by atoms with Gasteiger partial charge in [-0.3, -0.25) is 14.9 Å². The Kier molecular flexibility index (Phi) is 3.55. The van der Waals surface area contributed by atoms with Crippen molar-refractivity contribution in [2.45, 2.75) is 13.8 Å². The first-order valence-electron chi connectivity index (χ1n) is 4.59. The Morgan fingerprint density at radius 3 is 2.62 bits per heavy atom. The molecule has 0 bridgehead atoms. The van der Waals surface area contributed by atoms with Gasteiger partial charge in [0.2, 0.25) is 5.82 Å². The zero-order valence-electron chi connectivity index (χ0n) is 8.82. The zero-order valence-corrected chi connectivity index (χ0v) is 8.82. The third-order valence-corrected chi connectivity index (χ3v) is 1.92. The minimum absolute atomic E-state index is 0.00458. The van der Waals surface area contributed by atoms with Crippen LogP contribution in [0.5, 0.6) is 5.75 Å². The Bertz CT molecular complexity index is 445. The molecule has 1 aromatic rings. The Balaban J connectivity index is 3.36. The fourth-order valence-corrected chi connectivity index (χ4v) is 1.23. The first kappa shape index (κ1) is 12.1. The summed E-state index contributed by atoms with van der Waals surface area (Å²) in [7, 11) is 0. The van der Waals surface area contributed by atoms with Crippen LogP contribution in [0.1, 0.15) is 24.2 Å². The molecule has 0 heterocycles. The van der Waals surface area contributed by atoms with Crippen LogP contribution in [0.4, 0.5) is 10.1 Å². The van der Waals surface area contributed by atoms with E-state index in [-0.39, 0.29) is 17.9 Å². The molecule has 6 heteroatoms. The highest BCUT2D eigenvalue weighted by Gasteiger charge is 2.20. The standard InChI is InChI=1S/C10H10FNO4/c1-3-16-10-5-9(12(14)15)8(11)4-7(10)6(2)13/h4-5H,3H2,1-2H3. The highest BCUT2D eigenvalue weighted by atomic mass is 19.1. The Morgan fingerprint density at radius 2 is 2.19 bits per heavy atom. The number of carbonyl (C=O) groups is 1. The zero-order chi connectivity index (χ0) is 12.3. The highest BCUT2D eigenvalue weighted by Crippen LogP contribution is 2.28. The number of hydrogen-bond acceptors (Lipinski definition) is 4. The number of ketones is 1. The Morgan fingerprint density at radius 1 is 1.56 bits per heavy atom. The maximum atomic E-state index is 13.2. The average molecular weight is 227 g/mol. The SMILES string of the molecule is CCOc1cc([N+](=O)[O-])c(F)cc1C(C)=O. The van der Waals surface area contributed by atoms with Crippen molar-refractivity contribution < 1.29 is 18.8 Å². The van der Waals surface area contributed by atoms with Gasteiger partial charge >= 0.3 is 5.69 Å². The molecule has 0 saturated heterocycles. The van der Waals surface area contributed by atoms with Crippen LogP contribution < -0.4 is 4.74 Å². The average Bonchev–Trinajstić information content (AvgIpc) is 2.19. The van der Waals surface area contributed by atoms with E-state index < -0.39 is 22.2 Å². The van der Waals surface area contributed by atoms with E-state index in [1.165, 1.54) is 6.92 Å². The number of nitrogens with zero attached hydrogens (tertiary/aromatic N) is 1. The highest BCUT2D eigenvalue weighted by molar-refractivity contribution is 5.97. The number of nitro benzene ring substituents is 1. The van der Waals surface area contributed by atoms with Gasteiger partial charge in [0, 0.05) is 0 Å². The lowest BCUT2D eigenvalue weighted by Gasteiger charge is -2.07. The van der Waals surface area contributed by atoms with E-state index in [2.05, 4.69) is 0 Å². The van der Waals surface area contributed by atoms with Crippen LogP contribution >= 0.6 is 0 Å². The second kappa shape index (κ2) is 4.69. The topological polar surface area (TPSA) is 69.4 Å². The molecule has 0 saturated carbocycles. The second-order valence-corrected chi connectivity index (χ2v) is 3.05. The lowest BCUT2D eigenvalue weighted by Crippen LogP contribution is -2.03. The molecule has 16 heavy (non-hydrogen) atoms. The smallest absolute Gasteiger partial charge is 0.308 e. The number of rotatable bonds is 4. The molecule has 0 aliphatic rings. The molecule has 0 aliphatic heterocycles. The summed E-state index contributed by atoms with van der Waals surface area (Å²) in [6, 6.07) is 1.75. The molecule has 0 radical (unpaired) electrons. The molecule has 0 spiro atoms. The van der Waals surface area contributed by atoms with Crippen molar-refractivity contribution in [2.24, 2.45) is 0 Å². The monoisotopic (exact) mass is 227 g/mol. The summed E-state index contributed by atoms with van der Waals surface area (Å²) < 4.78 is 18.3. The summed E-state index contributed by atoms with van der Waals surface area (Å²) >= 11 is 0. The van der Waals surface area contributed by atoms with Crippen molar-refractivity contribution in [1.29, 1.82) is 0 Å². The van der Waals surface area contributed by atoms with E-state index in [9.17, 15) is 19.3 Å². The number of Topliss-reactive ketones (excluding diaryl/α,β-unsaturated/α-hetero) is 1. The van der Waals surface area contributed by atoms with Gasteiger partial charge < -0.3 is 4.74 Å².